The van der Waals surface area contributed by atoms with E-state index in [-0.39, 0.29) is 0 Å². The number of thiophene rings is 1. The van der Waals surface area contributed by atoms with Crippen molar-refractivity contribution < 1.29 is 14.3 Å². The zero-order valence-electron chi connectivity index (χ0n) is 17.0. The molecule has 4 N–H and O–H groups in total. The Morgan fingerprint density at radius 1 is 1.30 bits per heavy atom. The molecule has 0 spiro atoms. The number of benzene rings is 1. The van der Waals surface area contributed by atoms with Gasteiger partial charge in [0.2, 0.25) is 0 Å². The van der Waals surface area contributed by atoms with Crippen LogP contribution in [0.4, 0.5) is 17.2 Å². The van der Waals surface area contributed by atoms with E-state index >= 15 is 0 Å². The number of methoxy groups -OCH3 is 1. The van der Waals surface area contributed by atoms with Gasteiger partial charge in [0.25, 0.3) is 6.47 Å². The largest absolute Gasteiger partial charge is 0.494 e. The van der Waals surface area contributed by atoms with Crippen LogP contribution in [0.3, 0.4) is 0 Å². The van der Waals surface area contributed by atoms with Crippen LogP contribution in [0, 0.1) is 5.41 Å². The summed E-state index contributed by atoms with van der Waals surface area (Å²) in [5.74, 6) is 1.40. The number of hydrogen-bond donors (Lipinski definition) is 3. The lowest BCUT2D eigenvalue weighted by atomic mass is 9.97. The number of nitrogens with two attached hydrogens (primary N) is 1. The molecule has 0 bridgehead atoms. The molecule has 0 atom stereocenters. The van der Waals surface area contributed by atoms with Gasteiger partial charge in [-0.2, -0.15) is 0 Å². The Labute approximate surface area is 178 Å². The summed E-state index contributed by atoms with van der Waals surface area (Å²) in [5.41, 5.74) is 9.22. The van der Waals surface area contributed by atoms with Gasteiger partial charge in [0, 0.05) is 28.4 Å². The Morgan fingerprint density at radius 3 is 2.77 bits per heavy atom. The van der Waals surface area contributed by atoms with E-state index in [1.165, 1.54) is 29.5 Å². The van der Waals surface area contributed by atoms with Crippen LogP contribution >= 0.6 is 11.3 Å². The van der Waals surface area contributed by atoms with Gasteiger partial charge in [0.05, 0.1) is 24.8 Å². The van der Waals surface area contributed by atoms with Crippen LogP contribution in [0.1, 0.15) is 35.8 Å². The monoisotopic (exact) mass is 427 g/mol. The summed E-state index contributed by atoms with van der Waals surface area (Å²) in [4.78, 5) is 20.6. The third kappa shape index (κ3) is 4.51. The highest BCUT2D eigenvalue weighted by atomic mass is 32.1. The lowest BCUT2D eigenvalue weighted by Crippen LogP contribution is -2.03. The molecule has 2 heterocycles. The molecule has 1 aromatic carbocycles. The number of carbonyl (C=O) groups excluding carboxylic acids is 1. The third-order valence-electron chi connectivity index (χ3n) is 4.80. The summed E-state index contributed by atoms with van der Waals surface area (Å²) in [6, 6.07) is 3.54. The fourth-order valence-corrected chi connectivity index (χ4v) is 4.61. The maximum absolute atomic E-state index is 9.18. The molecule has 0 saturated heterocycles. The first-order valence-electron chi connectivity index (χ1n) is 9.68. The summed E-state index contributed by atoms with van der Waals surface area (Å²) >= 11 is 1.77. The molecular formula is C21H25N5O3S. The van der Waals surface area contributed by atoms with E-state index in [0.717, 1.165) is 34.6 Å². The molecule has 9 heteroatoms. The fraction of sp³-hybridized carbons (Fsp3) is 0.333. The predicted octanol–water partition coefficient (Wildman–Crippen LogP) is 4.08. The minimum atomic E-state index is 0.431. The van der Waals surface area contributed by atoms with Crippen molar-refractivity contribution in [2.75, 3.05) is 24.8 Å². The minimum Gasteiger partial charge on any atom is -0.494 e. The van der Waals surface area contributed by atoms with Gasteiger partial charge >= 0.3 is 0 Å². The number of carbonyl (C=O) groups is 1. The van der Waals surface area contributed by atoms with Crippen molar-refractivity contribution in [3.63, 3.8) is 0 Å². The number of nitrogens with one attached hydrogen (secondary N) is 2. The van der Waals surface area contributed by atoms with Crippen molar-refractivity contribution >= 4 is 51.4 Å². The molecule has 3 aromatic rings. The first-order chi connectivity index (χ1) is 14.6. The molecule has 0 amide bonds. The van der Waals surface area contributed by atoms with E-state index in [4.69, 9.17) is 15.9 Å². The highest BCUT2D eigenvalue weighted by molar-refractivity contribution is 7.19. The van der Waals surface area contributed by atoms with Crippen LogP contribution in [0.25, 0.3) is 10.2 Å². The number of ether oxygens (including phenoxy) is 2. The van der Waals surface area contributed by atoms with Gasteiger partial charge in [-0.05, 0) is 44.2 Å². The highest BCUT2D eigenvalue weighted by Gasteiger charge is 2.20. The average molecular weight is 428 g/mol. The quantitative estimate of drug-likeness (QED) is 0.308. The third-order valence-corrected chi connectivity index (χ3v) is 6.00. The molecular weight excluding hydrogens is 402 g/mol. The molecule has 1 aliphatic carbocycles. The number of aromatic nitrogens is 2. The normalized spacial score (nSPS) is 12.3. The lowest BCUT2D eigenvalue weighted by molar-refractivity contribution is -0.128. The second-order valence-electron chi connectivity index (χ2n) is 6.62. The van der Waals surface area contributed by atoms with E-state index in [1.54, 1.807) is 37.8 Å². The van der Waals surface area contributed by atoms with Crippen LogP contribution in [-0.2, 0) is 22.4 Å². The molecule has 2 aromatic heterocycles. The van der Waals surface area contributed by atoms with Gasteiger partial charge < -0.3 is 25.9 Å². The Kier molecular flexibility index (Phi) is 7.18. The Balaban J connectivity index is 0.000000461. The molecule has 158 valence electrons. The molecule has 0 aliphatic heterocycles. The molecule has 0 radical (unpaired) electrons. The van der Waals surface area contributed by atoms with Crippen LogP contribution in [0.15, 0.2) is 18.5 Å². The second kappa shape index (κ2) is 10.0. The van der Waals surface area contributed by atoms with Crippen LogP contribution < -0.4 is 15.8 Å². The Hall–Kier alpha value is -3.20. The summed E-state index contributed by atoms with van der Waals surface area (Å²) in [5, 5.41) is 12.0. The Morgan fingerprint density at radius 2 is 2.10 bits per heavy atom. The number of hydrogen-bond acceptors (Lipinski definition) is 9. The van der Waals surface area contributed by atoms with E-state index in [2.05, 4.69) is 20.0 Å². The summed E-state index contributed by atoms with van der Waals surface area (Å²) in [6.07, 6.45) is 7.47. The van der Waals surface area contributed by atoms with E-state index in [0.29, 0.717) is 30.1 Å². The fourth-order valence-electron chi connectivity index (χ4n) is 3.38. The maximum Gasteiger partial charge on any atom is 0.293 e. The van der Waals surface area contributed by atoms with Crippen molar-refractivity contribution in [3.8, 4) is 5.75 Å². The number of anilines is 3. The van der Waals surface area contributed by atoms with E-state index < -0.39 is 0 Å². The molecule has 4 rings (SSSR count). The number of fused-ring (bicyclic) bond motifs is 3. The SMILES string of the molecule is CCOC=O.COc1cc(N)c(C=N)cc1Nc1ncnc2sc3c(c12)CCCC3. The lowest BCUT2D eigenvalue weighted by Gasteiger charge is -2.15. The average Bonchev–Trinajstić information content (AvgIpc) is 3.15. The number of aryl methyl sites for hydroxylation is 2. The standard InChI is InChI=1S/C18H19N5OS.C3H6O2/c1-24-14-7-12(20)10(8-19)6-13(14)23-17-16-11-4-2-3-5-15(11)25-18(16)22-9-21-17;1-2-5-3-4/h6-9,19H,2-5,20H2,1H3,(H,21,22,23);3H,2H2,1H3. The van der Waals surface area contributed by atoms with Gasteiger partial charge in [0.1, 0.15) is 22.7 Å². The van der Waals surface area contributed by atoms with Gasteiger partial charge in [-0.15, -0.1) is 11.3 Å². The predicted molar refractivity (Wildman–Crippen MR) is 120 cm³/mol. The molecule has 0 fully saturated rings. The Bertz CT molecular complexity index is 1050. The second-order valence-corrected chi connectivity index (χ2v) is 7.70. The van der Waals surface area contributed by atoms with Crippen molar-refractivity contribution in [1.29, 1.82) is 5.41 Å². The van der Waals surface area contributed by atoms with Crippen LogP contribution in [-0.4, -0.2) is 36.4 Å². The highest BCUT2D eigenvalue weighted by Crippen LogP contribution is 2.40. The zero-order valence-corrected chi connectivity index (χ0v) is 17.8. The van der Waals surface area contributed by atoms with Crippen molar-refractivity contribution in [2.45, 2.75) is 32.6 Å². The minimum absolute atomic E-state index is 0.431. The smallest absolute Gasteiger partial charge is 0.293 e. The van der Waals surface area contributed by atoms with Crippen LogP contribution in [0.2, 0.25) is 0 Å². The number of rotatable bonds is 6. The van der Waals surface area contributed by atoms with E-state index in [1.807, 2.05) is 6.07 Å². The molecule has 8 nitrogen and oxygen atoms in total. The van der Waals surface area contributed by atoms with Crippen molar-refractivity contribution in [1.82, 2.24) is 9.97 Å². The molecule has 1 aliphatic rings. The molecule has 0 saturated carbocycles. The first-order valence-corrected chi connectivity index (χ1v) is 10.5. The molecule has 0 unspecified atom stereocenters. The van der Waals surface area contributed by atoms with Gasteiger partial charge in [-0.1, -0.05) is 0 Å². The zero-order chi connectivity index (χ0) is 21.5. The maximum atomic E-state index is 9.18. The number of nitrogen functional groups attached to an aromatic ring is 1. The summed E-state index contributed by atoms with van der Waals surface area (Å²) in [7, 11) is 1.60. The summed E-state index contributed by atoms with van der Waals surface area (Å²) in [6.45, 7) is 2.66. The van der Waals surface area contributed by atoms with Crippen molar-refractivity contribution in [3.05, 3.63) is 34.5 Å². The van der Waals surface area contributed by atoms with Crippen LogP contribution in [0.5, 0.6) is 5.75 Å². The van der Waals surface area contributed by atoms with E-state index in [9.17, 15) is 4.79 Å². The van der Waals surface area contributed by atoms with Gasteiger partial charge in [0.15, 0.2) is 0 Å². The van der Waals surface area contributed by atoms with Gasteiger partial charge in [-0.25, -0.2) is 9.97 Å². The topological polar surface area (TPSA) is 123 Å². The first kappa shape index (κ1) is 21.5. The van der Waals surface area contributed by atoms with Crippen molar-refractivity contribution in [2.24, 2.45) is 0 Å². The van der Waals surface area contributed by atoms with Gasteiger partial charge in [-0.3, -0.25) is 4.79 Å². The molecule has 30 heavy (non-hydrogen) atoms. The summed E-state index contributed by atoms with van der Waals surface area (Å²) < 4.78 is 9.60. The number of nitrogens with zero attached hydrogens (tertiary/aromatic N) is 2.